The van der Waals surface area contributed by atoms with Crippen LogP contribution in [0.15, 0.2) is 0 Å². The first kappa shape index (κ1) is 15.7. The number of hydrogen-bond donors (Lipinski definition) is 1. The Balaban J connectivity index is 0.00000225. The summed E-state index contributed by atoms with van der Waals surface area (Å²) < 4.78 is 22.8. The molecule has 0 aliphatic carbocycles. The third kappa shape index (κ3) is 4.67. The molecule has 5 nitrogen and oxygen atoms in total. The smallest absolute Gasteiger partial charge is 0.237 e. The van der Waals surface area contributed by atoms with Crippen LogP contribution in [0.2, 0.25) is 0 Å². The Labute approximate surface area is 103 Å². The van der Waals surface area contributed by atoms with Gasteiger partial charge < -0.3 is 10.6 Å². The third-order valence-corrected chi connectivity index (χ3v) is 4.15. The lowest BCUT2D eigenvalue weighted by Crippen LogP contribution is -2.36. The number of nitrogens with zero attached hydrogens (tertiary/aromatic N) is 1. The maximum Gasteiger partial charge on any atom is 0.237 e. The molecule has 0 aromatic carbocycles. The van der Waals surface area contributed by atoms with E-state index in [2.05, 4.69) is 0 Å². The summed E-state index contributed by atoms with van der Waals surface area (Å²) >= 11 is 0. The predicted molar refractivity (Wildman–Crippen MR) is 65.4 cm³/mol. The minimum atomic E-state index is -3.22. The van der Waals surface area contributed by atoms with Gasteiger partial charge in [0.2, 0.25) is 5.91 Å². The molecule has 1 saturated heterocycles. The Hall–Kier alpha value is -0.330. The Bertz CT molecular complexity index is 332. The van der Waals surface area contributed by atoms with Gasteiger partial charge in [-0.3, -0.25) is 4.79 Å². The first-order valence-corrected chi connectivity index (χ1v) is 7.00. The van der Waals surface area contributed by atoms with Gasteiger partial charge in [-0.15, -0.1) is 12.4 Å². The number of likely N-dealkylation sites (tertiary alicyclic amines) is 1. The van der Waals surface area contributed by atoms with E-state index in [0.29, 0.717) is 19.5 Å². The van der Waals surface area contributed by atoms with Crippen molar-refractivity contribution in [1.82, 2.24) is 4.90 Å². The molecule has 1 amide bonds. The molecule has 0 radical (unpaired) electrons. The quantitative estimate of drug-likeness (QED) is 0.767. The second-order valence-electron chi connectivity index (χ2n) is 3.98. The van der Waals surface area contributed by atoms with Gasteiger partial charge in [0, 0.05) is 19.1 Å². The molecule has 0 spiro atoms. The molecule has 2 N–H and O–H groups in total. The summed E-state index contributed by atoms with van der Waals surface area (Å²) in [5, 5.41) is 0. The molecule has 1 aliphatic rings. The van der Waals surface area contributed by atoms with E-state index in [-0.39, 0.29) is 35.9 Å². The number of carbonyl (C=O) groups excluding carboxylic acids is 1. The van der Waals surface area contributed by atoms with E-state index in [0.717, 1.165) is 6.42 Å². The van der Waals surface area contributed by atoms with Crippen LogP contribution in [0.3, 0.4) is 0 Å². The van der Waals surface area contributed by atoms with Crippen LogP contribution >= 0.6 is 12.4 Å². The summed E-state index contributed by atoms with van der Waals surface area (Å²) in [7, 11) is -3.22. The highest BCUT2D eigenvalue weighted by molar-refractivity contribution is 7.92. The van der Waals surface area contributed by atoms with Crippen molar-refractivity contribution >= 4 is 28.2 Å². The zero-order valence-electron chi connectivity index (χ0n) is 9.39. The Morgan fingerprint density at radius 1 is 1.50 bits per heavy atom. The van der Waals surface area contributed by atoms with Crippen molar-refractivity contribution in [2.45, 2.75) is 25.8 Å². The monoisotopic (exact) mass is 270 g/mol. The van der Waals surface area contributed by atoms with Crippen molar-refractivity contribution in [2.75, 3.05) is 24.6 Å². The van der Waals surface area contributed by atoms with Crippen LogP contribution in [0.25, 0.3) is 0 Å². The molecular weight excluding hydrogens is 252 g/mol. The van der Waals surface area contributed by atoms with Crippen molar-refractivity contribution in [3.8, 4) is 0 Å². The van der Waals surface area contributed by atoms with Crippen LogP contribution < -0.4 is 5.73 Å². The van der Waals surface area contributed by atoms with Crippen molar-refractivity contribution in [3.63, 3.8) is 0 Å². The molecule has 0 bridgehead atoms. The van der Waals surface area contributed by atoms with Crippen LogP contribution in [0.1, 0.15) is 19.8 Å². The van der Waals surface area contributed by atoms with Crippen LogP contribution in [0.5, 0.6) is 0 Å². The number of halogens is 1. The lowest BCUT2D eigenvalue weighted by Gasteiger charge is -2.15. The number of sulfone groups is 1. The van der Waals surface area contributed by atoms with E-state index in [4.69, 9.17) is 5.73 Å². The molecule has 1 heterocycles. The number of nitrogens with two attached hydrogens (primary N) is 1. The zero-order chi connectivity index (χ0) is 11.5. The van der Waals surface area contributed by atoms with Crippen molar-refractivity contribution in [1.29, 1.82) is 0 Å². The van der Waals surface area contributed by atoms with Crippen LogP contribution in [0.4, 0.5) is 0 Å². The number of amides is 1. The molecule has 1 atom stereocenters. The second kappa shape index (κ2) is 6.42. The van der Waals surface area contributed by atoms with Crippen molar-refractivity contribution < 1.29 is 13.2 Å². The first-order valence-electron chi connectivity index (χ1n) is 5.18. The highest BCUT2D eigenvalue weighted by atomic mass is 35.5. The topological polar surface area (TPSA) is 80.5 Å². The van der Waals surface area contributed by atoms with Gasteiger partial charge in [0.1, 0.15) is 5.75 Å². The van der Waals surface area contributed by atoms with Crippen LogP contribution in [-0.2, 0) is 14.6 Å². The summed E-state index contributed by atoms with van der Waals surface area (Å²) in [5.41, 5.74) is 5.64. The fourth-order valence-electron chi connectivity index (χ4n) is 1.68. The molecule has 7 heteroatoms. The van der Waals surface area contributed by atoms with E-state index in [9.17, 15) is 13.2 Å². The van der Waals surface area contributed by atoms with Gasteiger partial charge in [-0.1, -0.05) is 6.92 Å². The van der Waals surface area contributed by atoms with Crippen LogP contribution in [0, 0.1) is 0 Å². The third-order valence-electron chi connectivity index (χ3n) is 2.44. The maximum absolute atomic E-state index is 11.6. The number of hydrogen-bond acceptors (Lipinski definition) is 4. The minimum Gasteiger partial charge on any atom is -0.340 e. The summed E-state index contributed by atoms with van der Waals surface area (Å²) in [4.78, 5) is 13.1. The molecule has 0 saturated carbocycles. The standard InChI is InChI=1S/C9H18N2O3S.ClH/c1-2-5-15(13,14)7-9(12)11-4-3-8(10)6-11;/h8H,2-7,10H2,1H3;1H/t8-;/m1./s1. The van der Waals surface area contributed by atoms with Gasteiger partial charge in [-0.2, -0.15) is 0 Å². The lowest BCUT2D eigenvalue weighted by molar-refractivity contribution is -0.127. The van der Waals surface area contributed by atoms with E-state index in [1.807, 2.05) is 0 Å². The molecule has 0 aromatic rings. The largest absolute Gasteiger partial charge is 0.340 e. The fraction of sp³-hybridized carbons (Fsp3) is 0.889. The summed E-state index contributed by atoms with van der Waals surface area (Å²) in [6, 6.07) is 0.00262. The summed E-state index contributed by atoms with van der Waals surface area (Å²) in [6.07, 6.45) is 1.31. The van der Waals surface area contributed by atoms with Gasteiger partial charge in [0.05, 0.1) is 5.75 Å². The maximum atomic E-state index is 11.6. The van der Waals surface area contributed by atoms with E-state index in [1.54, 1.807) is 6.92 Å². The van der Waals surface area contributed by atoms with Gasteiger partial charge in [0.15, 0.2) is 9.84 Å². The van der Waals surface area contributed by atoms with Crippen LogP contribution in [-0.4, -0.2) is 49.9 Å². The molecule has 1 rings (SSSR count). The first-order chi connectivity index (χ1) is 6.94. The van der Waals surface area contributed by atoms with Gasteiger partial charge in [0.25, 0.3) is 0 Å². The fourth-order valence-corrected chi connectivity index (χ4v) is 3.00. The molecular formula is C9H19ClN2O3S. The van der Waals surface area contributed by atoms with Gasteiger partial charge in [-0.25, -0.2) is 8.42 Å². The molecule has 1 aliphatic heterocycles. The zero-order valence-corrected chi connectivity index (χ0v) is 11.0. The Morgan fingerprint density at radius 3 is 2.56 bits per heavy atom. The molecule has 0 unspecified atom stereocenters. The molecule has 0 aromatic heterocycles. The predicted octanol–water partition coefficient (Wildman–Crippen LogP) is -0.207. The Morgan fingerprint density at radius 2 is 2.12 bits per heavy atom. The van der Waals surface area contributed by atoms with Gasteiger partial charge >= 0.3 is 0 Å². The van der Waals surface area contributed by atoms with E-state index in [1.165, 1.54) is 4.90 Å². The van der Waals surface area contributed by atoms with E-state index < -0.39 is 9.84 Å². The molecule has 96 valence electrons. The molecule has 16 heavy (non-hydrogen) atoms. The number of carbonyl (C=O) groups is 1. The van der Waals surface area contributed by atoms with Crippen molar-refractivity contribution in [3.05, 3.63) is 0 Å². The van der Waals surface area contributed by atoms with Crippen molar-refractivity contribution in [2.24, 2.45) is 5.73 Å². The normalized spacial score (nSPS) is 20.6. The highest BCUT2D eigenvalue weighted by Gasteiger charge is 2.26. The second-order valence-corrected chi connectivity index (χ2v) is 6.16. The van der Waals surface area contributed by atoms with E-state index >= 15 is 0 Å². The van der Waals surface area contributed by atoms with Gasteiger partial charge in [-0.05, 0) is 12.8 Å². The average molecular weight is 271 g/mol. The minimum absolute atomic E-state index is 0. The SMILES string of the molecule is CCCS(=O)(=O)CC(=O)N1CC[C@@H](N)C1.Cl. The number of rotatable bonds is 4. The lowest BCUT2D eigenvalue weighted by atomic mass is 10.3. The summed E-state index contributed by atoms with van der Waals surface area (Å²) in [5.74, 6) is -0.594. The summed E-state index contributed by atoms with van der Waals surface area (Å²) in [6.45, 7) is 2.86. The molecule has 1 fully saturated rings. The Kier molecular flexibility index (Phi) is 6.28. The highest BCUT2D eigenvalue weighted by Crippen LogP contribution is 2.08. The average Bonchev–Trinajstić information content (AvgIpc) is 2.50.